The Bertz CT molecular complexity index is 1130. The third kappa shape index (κ3) is 4.02. The van der Waals surface area contributed by atoms with E-state index in [1.807, 2.05) is 60.7 Å². The first-order valence-electron chi connectivity index (χ1n) is 9.71. The third-order valence-corrected chi connectivity index (χ3v) is 4.89. The molecule has 4 aromatic rings. The predicted molar refractivity (Wildman–Crippen MR) is 118 cm³/mol. The molecule has 0 aliphatic heterocycles. The van der Waals surface area contributed by atoms with Crippen molar-refractivity contribution in [1.29, 1.82) is 0 Å². The Morgan fingerprint density at radius 3 is 2.69 bits per heavy atom. The molecular formula is C25H24N2O2. The Kier molecular flexibility index (Phi) is 5.61. The maximum Gasteiger partial charge on any atom is 0.141 e. The highest BCUT2D eigenvalue weighted by atomic mass is 16.5. The van der Waals surface area contributed by atoms with E-state index < -0.39 is 0 Å². The maximum absolute atomic E-state index is 6.13. The highest BCUT2D eigenvalue weighted by Crippen LogP contribution is 2.27. The second-order valence-electron chi connectivity index (χ2n) is 6.76. The van der Waals surface area contributed by atoms with E-state index >= 15 is 0 Å². The molecule has 0 bridgehead atoms. The van der Waals surface area contributed by atoms with E-state index in [1.165, 1.54) is 0 Å². The van der Waals surface area contributed by atoms with E-state index in [1.54, 1.807) is 7.11 Å². The number of rotatable bonds is 8. The third-order valence-electron chi connectivity index (χ3n) is 4.89. The Labute approximate surface area is 171 Å². The fraction of sp³-hybridized carbons (Fsp3) is 0.160. The maximum atomic E-state index is 6.13. The highest BCUT2D eigenvalue weighted by Gasteiger charge is 2.13. The molecule has 4 heteroatoms. The molecule has 0 radical (unpaired) electrons. The Hall–Kier alpha value is -3.53. The molecule has 1 aromatic heterocycles. The van der Waals surface area contributed by atoms with Gasteiger partial charge in [0.2, 0.25) is 0 Å². The number of aromatic nitrogens is 2. The van der Waals surface area contributed by atoms with Crippen LogP contribution in [0.5, 0.6) is 11.5 Å². The minimum absolute atomic E-state index is 0.547. The van der Waals surface area contributed by atoms with Crippen LogP contribution in [0.4, 0.5) is 0 Å². The molecule has 0 N–H and O–H groups in total. The zero-order valence-corrected chi connectivity index (χ0v) is 16.5. The van der Waals surface area contributed by atoms with E-state index in [-0.39, 0.29) is 0 Å². The van der Waals surface area contributed by atoms with Crippen LogP contribution in [-0.4, -0.2) is 23.3 Å². The van der Waals surface area contributed by atoms with Gasteiger partial charge in [0.05, 0.1) is 24.7 Å². The second kappa shape index (κ2) is 8.65. The number of fused-ring (bicyclic) bond motifs is 1. The molecule has 0 atom stereocenters. The summed E-state index contributed by atoms with van der Waals surface area (Å²) in [7, 11) is 1.68. The van der Waals surface area contributed by atoms with Crippen LogP contribution < -0.4 is 9.47 Å². The number of methoxy groups -OCH3 is 1. The standard InChI is InChI=1S/C25H24N2O2/c1-3-9-19-10-4-7-15-24(19)29-17-16-27-23-14-6-5-13-22(23)26-25(27)20-11-8-12-21(18-20)28-2/h3-8,10-15,18H,1,9,16-17H2,2H3. The van der Waals surface area contributed by atoms with Crippen molar-refractivity contribution in [3.8, 4) is 22.9 Å². The number of para-hydroxylation sites is 3. The van der Waals surface area contributed by atoms with Gasteiger partial charge >= 0.3 is 0 Å². The van der Waals surface area contributed by atoms with Gasteiger partial charge < -0.3 is 14.0 Å². The van der Waals surface area contributed by atoms with Gasteiger partial charge in [-0.3, -0.25) is 0 Å². The number of hydrogen-bond donors (Lipinski definition) is 0. The van der Waals surface area contributed by atoms with Gasteiger partial charge in [0.25, 0.3) is 0 Å². The molecule has 29 heavy (non-hydrogen) atoms. The normalized spacial score (nSPS) is 10.8. The van der Waals surface area contributed by atoms with E-state index in [4.69, 9.17) is 14.5 Å². The molecule has 0 unspecified atom stereocenters. The summed E-state index contributed by atoms with van der Waals surface area (Å²) in [5.74, 6) is 2.63. The van der Waals surface area contributed by atoms with Crippen LogP contribution in [0.3, 0.4) is 0 Å². The molecule has 0 saturated carbocycles. The molecular weight excluding hydrogens is 360 g/mol. The van der Waals surface area contributed by atoms with Gasteiger partial charge in [0.1, 0.15) is 23.9 Å². The first-order chi connectivity index (χ1) is 14.3. The molecule has 0 aliphatic carbocycles. The molecule has 1 heterocycles. The van der Waals surface area contributed by atoms with Gasteiger partial charge in [-0.25, -0.2) is 4.98 Å². The molecule has 146 valence electrons. The Balaban J connectivity index is 1.64. The topological polar surface area (TPSA) is 36.3 Å². The molecule has 0 amide bonds. The lowest BCUT2D eigenvalue weighted by atomic mass is 10.1. The van der Waals surface area contributed by atoms with E-state index in [0.29, 0.717) is 13.2 Å². The lowest BCUT2D eigenvalue weighted by Crippen LogP contribution is -2.10. The van der Waals surface area contributed by atoms with E-state index in [2.05, 4.69) is 29.3 Å². The van der Waals surface area contributed by atoms with Crippen molar-refractivity contribution in [2.24, 2.45) is 0 Å². The zero-order valence-electron chi connectivity index (χ0n) is 16.5. The quantitative estimate of drug-likeness (QED) is 0.375. The fourth-order valence-corrected chi connectivity index (χ4v) is 3.50. The van der Waals surface area contributed by atoms with Crippen molar-refractivity contribution in [3.05, 3.63) is 91.0 Å². The van der Waals surface area contributed by atoms with Crippen molar-refractivity contribution in [3.63, 3.8) is 0 Å². The van der Waals surface area contributed by atoms with Gasteiger partial charge in [-0.2, -0.15) is 0 Å². The number of benzene rings is 3. The monoisotopic (exact) mass is 384 g/mol. The number of nitrogens with zero attached hydrogens (tertiary/aromatic N) is 2. The van der Waals surface area contributed by atoms with Crippen molar-refractivity contribution in [1.82, 2.24) is 9.55 Å². The highest BCUT2D eigenvalue weighted by molar-refractivity contribution is 5.80. The first-order valence-corrected chi connectivity index (χ1v) is 9.71. The van der Waals surface area contributed by atoms with Crippen LogP contribution in [0, 0.1) is 0 Å². The summed E-state index contributed by atoms with van der Waals surface area (Å²) in [5.41, 5.74) is 4.23. The van der Waals surface area contributed by atoms with E-state index in [0.717, 1.165) is 45.9 Å². The molecule has 4 rings (SSSR count). The van der Waals surface area contributed by atoms with Gasteiger partial charge in [0.15, 0.2) is 0 Å². The summed E-state index contributed by atoms with van der Waals surface area (Å²) in [6.45, 7) is 5.07. The van der Waals surface area contributed by atoms with Crippen LogP contribution in [0.15, 0.2) is 85.5 Å². The van der Waals surface area contributed by atoms with Crippen LogP contribution in [0.2, 0.25) is 0 Å². The Morgan fingerprint density at radius 1 is 1.00 bits per heavy atom. The van der Waals surface area contributed by atoms with Crippen LogP contribution >= 0.6 is 0 Å². The summed E-state index contributed by atoms with van der Waals surface area (Å²) >= 11 is 0. The van der Waals surface area contributed by atoms with Crippen molar-refractivity contribution >= 4 is 11.0 Å². The fourth-order valence-electron chi connectivity index (χ4n) is 3.50. The first kappa shape index (κ1) is 18.8. The minimum Gasteiger partial charge on any atom is -0.497 e. The number of hydrogen-bond acceptors (Lipinski definition) is 3. The smallest absolute Gasteiger partial charge is 0.141 e. The second-order valence-corrected chi connectivity index (χ2v) is 6.76. The van der Waals surface area contributed by atoms with Crippen molar-refractivity contribution in [2.75, 3.05) is 13.7 Å². The zero-order chi connectivity index (χ0) is 20.1. The number of ether oxygens (including phenoxy) is 2. The van der Waals surface area contributed by atoms with Gasteiger partial charge in [0, 0.05) is 5.56 Å². The van der Waals surface area contributed by atoms with Gasteiger partial charge in [-0.15, -0.1) is 6.58 Å². The number of allylic oxidation sites excluding steroid dienone is 1. The summed E-state index contributed by atoms with van der Waals surface area (Å²) in [6, 6.07) is 24.3. The summed E-state index contributed by atoms with van der Waals surface area (Å²) in [4.78, 5) is 4.87. The largest absolute Gasteiger partial charge is 0.497 e. The molecule has 0 fully saturated rings. The lowest BCUT2D eigenvalue weighted by Gasteiger charge is -2.13. The number of imidazole rings is 1. The molecule has 3 aromatic carbocycles. The van der Waals surface area contributed by atoms with Crippen molar-refractivity contribution < 1.29 is 9.47 Å². The summed E-state index contributed by atoms with van der Waals surface area (Å²) < 4.78 is 13.7. The molecule has 0 spiro atoms. The predicted octanol–water partition coefficient (Wildman–Crippen LogP) is 5.52. The van der Waals surface area contributed by atoms with Crippen molar-refractivity contribution in [2.45, 2.75) is 13.0 Å². The van der Waals surface area contributed by atoms with Crippen LogP contribution in [0.25, 0.3) is 22.4 Å². The lowest BCUT2D eigenvalue weighted by molar-refractivity contribution is 0.298. The van der Waals surface area contributed by atoms with E-state index in [9.17, 15) is 0 Å². The molecule has 0 saturated heterocycles. The van der Waals surface area contributed by atoms with Gasteiger partial charge in [-0.05, 0) is 42.3 Å². The summed E-state index contributed by atoms with van der Waals surface area (Å²) in [6.07, 6.45) is 2.69. The molecule has 4 nitrogen and oxygen atoms in total. The Morgan fingerprint density at radius 2 is 1.83 bits per heavy atom. The SMILES string of the molecule is C=CCc1ccccc1OCCn1c(-c2cccc(OC)c2)nc2ccccc21. The van der Waals surface area contributed by atoms with Gasteiger partial charge in [-0.1, -0.05) is 48.5 Å². The average molecular weight is 384 g/mol. The summed E-state index contributed by atoms with van der Waals surface area (Å²) in [5, 5.41) is 0. The molecule has 0 aliphatic rings. The average Bonchev–Trinajstić information content (AvgIpc) is 3.14. The minimum atomic E-state index is 0.547. The van der Waals surface area contributed by atoms with Crippen LogP contribution in [0.1, 0.15) is 5.56 Å². The van der Waals surface area contributed by atoms with Crippen LogP contribution in [-0.2, 0) is 13.0 Å².